The van der Waals surface area contributed by atoms with Gasteiger partial charge in [-0.2, -0.15) is 0 Å². The molecule has 0 aliphatic heterocycles. The number of rotatable bonds is 6. The van der Waals surface area contributed by atoms with Crippen molar-refractivity contribution in [3.05, 3.63) is 82.5 Å². The van der Waals surface area contributed by atoms with E-state index < -0.39 is 5.97 Å². The van der Waals surface area contributed by atoms with Crippen LogP contribution in [0.4, 0.5) is 10.9 Å². The zero-order valence-electron chi connectivity index (χ0n) is 18.5. The molecular formula is C24H23N5O2S2. The van der Waals surface area contributed by atoms with Crippen LogP contribution in [0.2, 0.25) is 0 Å². The molecule has 168 valence electrons. The monoisotopic (exact) mass is 477 g/mol. The largest absolute Gasteiger partial charge is 0.465 e. The third-order valence-corrected chi connectivity index (χ3v) is 6.34. The van der Waals surface area contributed by atoms with Crippen LogP contribution in [0.5, 0.6) is 0 Å². The minimum atomic E-state index is -0.427. The van der Waals surface area contributed by atoms with E-state index in [1.54, 1.807) is 11.0 Å². The summed E-state index contributed by atoms with van der Waals surface area (Å²) >= 11 is 6.91. The number of aryl methyl sites for hydroxylation is 2. The average molecular weight is 478 g/mol. The van der Waals surface area contributed by atoms with E-state index in [1.165, 1.54) is 29.6 Å². The van der Waals surface area contributed by atoms with E-state index in [9.17, 15) is 4.79 Å². The summed E-state index contributed by atoms with van der Waals surface area (Å²) in [6, 6.07) is 17.9. The highest BCUT2D eigenvalue weighted by molar-refractivity contribution is 7.80. The Hall–Kier alpha value is -3.56. The van der Waals surface area contributed by atoms with Gasteiger partial charge in [0.25, 0.3) is 0 Å². The number of nitrogens with one attached hydrogen (secondary N) is 2. The van der Waals surface area contributed by atoms with Gasteiger partial charge in [0.2, 0.25) is 5.95 Å². The van der Waals surface area contributed by atoms with Crippen LogP contribution < -0.4 is 10.6 Å². The van der Waals surface area contributed by atoms with Crippen LogP contribution in [0, 0.1) is 13.8 Å². The van der Waals surface area contributed by atoms with Crippen molar-refractivity contribution in [3.8, 4) is 11.1 Å². The molecule has 0 saturated carbocycles. The number of hydrogen-bond donors (Lipinski definition) is 2. The Balaban J connectivity index is 1.52. The van der Waals surface area contributed by atoms with Gasteiger partial charge in [0.05, 0.1) is 13.7 Å². The van der Waals surface area contributed by atoms with Gasteiger partial charge in [0.15, 0.2) is 5.11 Å². The first-order chi connectivity index (χ1) is 16.0. The number of esters is 1. The van der Waals surface area contributed by atoms with Gasteiger partial charge in [0, 0.05) is 10.4 Å². The van der Waals surface area contributed by atoms with E-state index in [2.05, 4.69) is 39.8 Å². The van der Waals surface area contributed by atoms with Crippen LogP contribution in [-0.2, 0) is 11.3 Å². The molecule has 0 amide bonds. The number of anilines is 2. The number of carbonyl (C=O) groups excluding carboxylic acids is 1. The number of thiophene rings is 1. The Morgan fingerprint density at radius 1 is 1.09 bits per heavy atom. The van der Waals surface area contributed by atoms with E-state index in [0.717, 1.165) is 16.0 Å². The smallest absolute Gasteiger partial charge is 0.341 e. The summed E-state index contributed by atoms with van der Waals surface area (Å²) in [5, 5.41) is 11.5. The first-order valence-corrected chi connectivity index (χ1v) is 11.5. The maximum Gasteiger partial charge on any atom is 0.341 e. The van der Waals surface area contributed by atoms with E-state index in [-0.39, 0.29) is 5.11 Å². The molecule has 0 aliphatic rings. The number of ether oxygens (including phenoxy) is 1. The van der Waals surface area contributed by atoms with Gasteiger partial charge in [0.1, 0.15) is 16.9 Å². The molecule has 4 rings (SSSR count). The molecule has 0 unspecified atom stereocenters. The Morgan fingerprint density at radius 2 is 1.82 bits per heavy atom. The summed E-state index contributed by atoms with van der Waals surface area (Å²) in [6.07, 6.45) is 1.65. The zero-order valence-corrected chi connectivity index (χ0v) is 20.1. The van der Waals surface area contributed by atoms with Crippen LogP contribution in [0.3, 0.4) is 0 Å². The van der Waals surface area contributed by atoms with Crippen LogP contribution in [-0.4, -0.2) is 33.0 Å². The Morgan fingerprint density at radius 3 is 2.55 bits per heavy atom. The first kappa shape index (κ1) is 22.6. The molecule has 0 spiro atoms. The molecular weight excluding hydrogens is 454 g/mol. The predicted octanol–water partition coefficient (Wildman–Crippen LogP) is 5.27. The van der Waals surface area contributed by atoms with Crippen molar-refractivity contribution in [2.75, 3.05) is 17.7 Å². The number of hydrogen-bond acceptors (Lipinski definition) is 6. The van der Waals surface area contributed by atoms with E-state index in [4.69, 9.17) is 17.0 Å². The molecule has 0 atom stereocenters. The van der Waals surface area contributed by atoms with Crippen molar-refractivity contribution in [2.45, 2.75) is 20.4 Å². The molecule has 9 heteroatoms. The molecule has 33 heavy (non-hydrogen) atoms. The maximum absolute atomic E-state index is 12.6. The van der Waals surface area contributed by atoms with Crippen LogP contribution in [0.15, 0.2) is 60.9 Å². The number of benzene rings is 2. The molecule has 0 radical (unpaired) electrons. The van der Waals surface area contributed by atoms with Gasteiger partial charge in [-0.1, -0.05) is 54.6 Å². The number of methoxy groups -OCH3 is 1. The first-order valence-electron chi connectivity index (χ1n) is 10.3. The fraction of sp³-hybridized carbons (Fsp3) is 0.167. The number of nitrogens with zero attached hydrogens (tertiary/aromatic N) is 3. The quantitative estimate of drug-likeness (QED) is 0.289. The Kier molecular flexibility index (Phi) is 6.81. The topological polar surface area (TPSA) is 81.1 Å². The molecule has 0 saturated heterocycles. The highest BCUT2D eigenvalue weighted by Crippen LogP contribution is 2.40. The van der Waals surface area contributed by atoms with Gasteiger partial charge in [-0.05, 0) is 42.8 Å². The second-order valence-corrected chi connectivity index (χ2v) is 9.00. The van der Waals surface area contributed by atoms with Gasteiger partial charge >= 0.3 is 5.97 Å². The highest BCUT2D eigenvalue weighted by Gasteiger charge is 2.24. The lowest BCUT2D eigenvalue weighted by Crippen LogP contribution is -2.21. The third kappa shape index (κ3) is 5.10. The number of thiocarbonyl (C=S) groups is 1. The highest BCUT2D eigenvalue weighted by atomic mass is 32.1. The SMILES string of the molecule is COC(=O)c1c(NC(=S)Nc2ncn(Cc3ccccc3C)n2)sc(C)c1-c1ccccc1. The maximum atomic E-state index is 12.6. The normalized spacial score (nSPS) is 10.6. The summed E-state index contributed by atoms with van der Waals surface area (Å²) < 4.78 is 6.80. The van der Waals surface area contributed by atoms with Crippen LogP contribution >= 0.6 is 23.6 Å². The fourth-order valence-corrected chi connectivity index (χ4v) is 4.83. The summed E-state index contributed by atoms with van der Waals surface area (Å²) in [5.74, 6) is -0.0543. The number of aromatic nitrogens is 3. The zero-order chi connectivity index (χ0) is 23.4. The van der Waals surface area contributed by atoms with Crippen molar-refractivity contribution in [1.82, 2.24) is 14.8 Å². The molecule has 2 aromatic carbocycles. The van der Waals surface area contributed by atoms with Gasteiger partial charge in [-0.25, -0.2) is 14.5 Å². The second kappa shape index (κ2) is 9.93. The number of carbonyl (C=O) groups is 1. The molecule has 4 aromatic rings. The van der Waals surface area contributed by atoms with Gasteiger partial charge in [-0.3, -0.25) is 5.32 Å². The van der Waals surface area contributed by atoms with Crippen molar-refractivity contribution in [1.29, 1.82) is 0 Å². The lowest BCUT2D eigenvalue weighted by atomic mass is 10.0. The van der Waals surface area contributed by atoms with E-state index >= 15 is 0 Å². The second-order valence-electron chi connectivity index (χ2n) is 7.37. The van der Waals surface area contributed by atoms with Crippen LogP contribution in [0.25, 0.3) is 11.1 Å². The molecule has 2 N–H and O–H groups in total. The molecule has 7 nitrogen and oxygen atoms in total. The van der Waals surface area contributed by atoms with Crippen molar-refractivity contribution in [3.63, 3.8) is 0 Å². The lowest BCUT2D eigenvalue weighted by Gasteiger charge is -2.10. The molecule has 2 aromatic heterocycles. The molecule has 0 aliphatic carbocycles. The Labute approximate surface area is 201 Å². The van der Waals surface area contributed by atoms with Crippen LogP contribution in [0.1, 0.15) is 26.4 Å². The summed E-state index contributed by atoms with van der Waals surface area (Å²) in [4.78, 5) is 17.9. The van der Waals surface area contributed by atoms with Gasteiger partial charge in [-0.15, -0.1) is 16.4 Å². The van der Waals surface area contributed by atoms with Crippen molar-refractivity contribution >= 4 is 45.6 Å². The Bertz CT molecular complexity index is 1300. The average Bonchev–Trinajstić information content (AvgIpc) is 3.38. The molecule has 2 heterocycles. The van der Waals surface area contributed by atoms with E-state index in [1.807, 2.05) is 49.4 Å². The molecule has 0 bridgehead atoms. The predicted molar refractivity (Wildman–Crippen MR) is 136 cm³/mol. The summed E-state index contributed by atoms with van der Waals surface area (Å²) in [6.45, 7) is 4.64. The van der Waals surface area contributed by atoms with Crippen molar-refractivity contribution in [2.24, 2.45) is 0 Å². The van der Waals surface area contributed by atoms with Crippen molar-refractivity contribution < 1.29 is 9.53 Å². The van der Waals surface area contributed by atoms with Gasteiger partial charge < -0.3 is 10.1 Å². The van der Waals surface area contributed by atoms with E-state index in [0.29, 0.717) is 23.1 Å². The minimum Gasteiger partial charge on any atom is -0.465 e. The minimum absolute atomic E-state index is 0.287. The molecule has 0 fully saturated rings. The standard InChI is InChI=1S/C24H23N5O2S2/c1-15-9-7-8-12-18(15)13-29-14-25-23(28-29)27-24(32)26-21-20(22(30)31-3)19(16(2)33-21)17-10-5-4-6-11-17/h4-12,14H,13H2,1-3H3,(H2,26,27,28,32). The third-order valence-electron chi connectivity index (χ3n) is 5.12. The lowest BCUT2D eigenvalue weighted by molar-refractivity contribution is 0.0603. The summed E-state index contributed by atoms with van der Waals surface area (Å²) in [7, 11) is 1.37. The summed E-state index contributed by atoms with van der Waals surface area (Å²) in [5.41, 5.74) is 4.58. The fourth-order valence-electron chi connectivity index (χ4n) is 3.51.